The second kappa shape index (κ2) is 9.17. The highest BCUT2D eigenvalue weighted by Crippen LogP contribution is 2.23. The van der Waals surface area contributed by atoms with E-state index in [4.69, 9.17) is 0 Å². The maximum Gasteiger partial charge on any atom is 0.305 e. The molecule has 0 aliphatic rings. The summed E-state index contributed by atoms with van der Waals surface area (Å²) < 4.78 is 0. The summed E-state index contributed by atoms with van der Waals surface area (Å²) in [6.45, 7) is 5.55. The number of anilines is 1. The third kappa shape index (κ3) is 5.19. The van der Waals surface area contributed by atoms with E-state index in [1.54, 1.807) is 42.5 Å². The Morgan fingerprint density at radius 2 is 1.57 bits per heavy atom. The Labute approximate surface area is 165 Å². The molecule has 28 heavy (non-hydrogen) atoms. The molecule has 148 valence electrons. The van der Waals surface area contributed by atoms with Crippen LogP contribution in [0.1, 0.15) is 59.4 Å². The van der Waals surface area contributed by atoms with Gasteiger partial charge in [0.2, 0.25) is 0 Å². The molecule has 2 aromatic rings. The van der Waals surface area contributed by atoms with Crippen LogP contribution in [0.15, 0.2) is 48.5 Å². The number of benzene rings is 2. The maximum absolute atomic E-state index is 12.8. The zero-order chi connectivity index (χ0) is 20.7. The first kappa shape index (κ1) is 21.2. The van der Waals surface area contributed by atoms with Crippen LogP contribution in [0.4, 0.5) is 5.69 Å². The highest BCUT2D eigenvalue weighted by Gasteiger charge is 2.31. The number of amides is 2. The first-order chi connectivity index (χ1) is 13.3. The quantitative estimate of drug-likeness (QED) is 0.643. The molecular formula is C22H26N2O4. The molecule has 2 rings (SSSR count). The predicted molar refractivity (Wildman–Crippen MR) is 109 cm³/mol. The molecule has 0 radical (unpaired) electrons. The van der Waals surface area contributed by atoms with E-state index in [1.165, 1.54) is 0 Å². The van der Waals surface area contributed by atoms with Crippen LogP contribution in [0.2, 0.25) is 0 Å². The van der Waals surface area contributed by atoms with Crippen molar-refractivity contribution in [3.8, 4) is 0 Å². The van der Waals surface area contributed by atoms with E-state index in [1.807, 2.05) is 26.8 Å². The van der Waals surface area contributed by atoms with Gasteiger partial charge in [-0.15, -0.1) is 0 Å². The fourth-order valence-corrected chi connectivity index (χ4v) is 3.01. The van der Waals surface area contributed by atoms with Crippen LogP contribution >= 0.6 is 0 Å². The normalized spacial score (nSPS) is 11.0. The molecule has 0 heterocycles. The van der Waals surface area contributed by atoms with Crippen molar-refractivity contribution in [1.29, 1.82) is 0 Å². The number of carbonyl (C=O) groups is 3. The first-order valence-corrected chi connectivity index (χ1v) is 9.31. The van der Waals surface area contributed by atoms with Crippen molar-refractivity contribution in [2.75, 3.05) is 5.32 Å². The largest absolute Gasteiger partial charge is 0.481 e. The fraction of sp³-hybridized carbons (Fsp3) is 0.318. The van der Waals surface area contributed by atoms with Gasteiger partial charge in [0.15, 0.2) is 0 Å². The number of aliphatic carboxylic acids is 1. The first-order valence-electron chi connectivity index (χ1n) is 9.31. The summed E-state index contributed by atoms with van der Waals surface area (Å²) in [5.41, 5.74) is 1.45. The van der Waals surface area contributed by atoms with Gasteiger partial charge in [0.1, 0.15) is 0 Å². The molecular weight excluding hydrogens is 356 g/mol. The lowest BCUT2D eigenvalue weighted by atomic mass is 9.88. The van der Waals surface area contributed by atoms with E-state index in [9.17, 15) is 19.5 Å². The lowest BCUT2D eigenvalue weighted by Gasteiger charge is -2.31. The van der Waals surface area contributed by atoms with E-state index in [0.29, 0.717) is 29.7 Å². The third-order valence-electron chi connectivity index (χ3n) is 5.01. The average molecular weight is 382 g/mol. The third-order valence-corrected chi connectivity index (χ3v) is 5.01. The van der Waals surface area contributed by atoms with Crippen LogP contribution in [-0.4, -0.2) is 28.4 Å². The Morgan fingerprint density at radius 1 is 0.929 bits per heavy atom. The average Bonchev–Trinajstić information content (AvgIpc) is 2.69. The molecule has 0 spiro atoms. The number of hydrogen-bond donors (Lipinski definition) is 3. The summed E-state index contributed by atoms with van der Waals surface area (Å²) in [7, 11) is 0. The standard InChI is InChI=1S/C22H26N2O4/c1-4-22(5-2,14-19(25)26)24-21(28)17-12-11-15(3)18(13-17)23-20(27)16-9-7-6-8-10-16/h6-13H,4-5,14H2,1-3H3,(H,23,27)(H,24,28)(H,25,26). The molecule has 2 aromatic carbocycles. The van der Waals surface area contributed by atoms with Crippen LogP contribution in [0, 0.1) is 6.92 Å². The predicted octanol–water partition coefficient (Wildman–Crippen LogP) is 4.01. The summed E-state index contributed by atoms with van der Waals surface area (Å²) in [6, 6.07) is 13.9. The second-order valence-electron chi connectivity index (χ2n) is 6.86. The number of nitrogens with one attached hydrogen (secondary N) is 2. The van der Waals surface area contributed by atoms with Crippen LogP contribution in [0.25, 0.3) is 0 Å². The van der Waals surface area contributed by atoms with Crippen molar-refractivity contribution < 1.29 is 19.5 Å². The molecule has 0 bridgehead atoms. The summed E-state index contributed by atoms with van der Waals surface area (Å²) in [6.07, 6.45) is 0.866. The number of carboxylic acid groups (broad SMARTS) is 1. The molecule has 0 saturated carbocycles. The zero-order valence-corrected chi connectivity index (χ0v) is 16.4. The van der Waals surface area contributed by atoms with Crippen LogP contribution in [-0.2, 0) is 4.79 Å². The smallest absolute Gasteiger partial charge is 0.305 e. The Morgan fingerprint density at radius 3 is 2.14 bits per heavy atom. The number of rotatable bonds is 8. The minimum atomic E-state index is -0.955. The summed E-state index contributed by atoms with van der Waals surface area (Å²) in [5.74, 6) is -1.58. The van der Waals surface area contributed by atoms with Crippen LogP contribution < -0.4 is 10.6 Å². The number of carbonyl (C=O) groups excluding carboxylic acids is 2. The molecule has 0 unspecified atom stereocenters. The van der Waals surface area contributed by atoms with Crippen molar-refractivity contribution in [2.45, 2.75) is 45.6 Å². The Hall–Kier alpha value is -3.15. The Bertz CT molecular complexity index is 858. The maximum atomic E-state index is 12.8. The topological polar surface area (TPSA) is 95.5 Å². The van der Waals surface area contributed by atoms with Gasteiger partial charge in [0.25, 0.3) is 11.8 Å². The van der Waals surface area contributed by atoms with Gasteiger partial charge in [-0.1, -0.05) is 38.1 Å². The summed E-state index contributed by atoms with van der Waals surface area (Å²) >= 11 is 0. The van der Waals surface area contributed by atoms with Crippen molar-refractivity contribution >= 4 is 23.5 Å². The second-order valence-corrected chi connectivity index (χ2v) is 6.86. The van der Waals surface area contributed by atoms with Gasteiger partial charge < -0.3 is 15.7 Å². The highest BCUT2D eigenvalue weighted by atomic mass is 16.4. The molecule has 0 aromatic heterocycles. The molecule has 6 heteroatoms. The zero-order valence-electron chi connectivity index (χ0n) is 16.4. The number of carboxylic acids is 1. The molecule has 2 amide bonds. The molecule has 0 saturated heterocycles. The van der Waals surface area contributed by atoms with Crippen molar-refractivity contribution in [3.05, 3.63) is 65.2 Å². The van der Waals surface area contributed by atoms with Crippen LogP contribution in [0.3, 0.4) is 0 Å². The Kier molecular flexibility index (Phi) is 6.93. The molecule has 0 aliphatic carbocycles. The van der Waals surface area contributed by atoms with Crippen molar-refractivity contribution in [3.63, 3.8) is 0 Å². The lowest BCUT2D eigenvalue weighted by Crippen LogP contribution is -2.49. The van der Waals surface area contributed by atoms with Gasteiger partial charge in [0, 0.05) is 16.8 Å². The fourth-order valence-electron chi connectivity index (χ4n) is 3.01. The van der Waals surface area contributed by atoms with Gasteiger partial charge in [-0.25, -0.2) is 0 Å². The summed E-state index contributed by atoms with van der Waals surface area (Å²) in [4.78, 5) is 36.4. The van der Waals surface area contributed by atoms with Crippen LogP contribution in [0.5, 0.6) is 0 Å². The molecule has 0 fully saturated rings. The van der Waals surface area contributed by atoms with E-state index in [0.717, 1.165) is 5.56 Å². The van der Waals surface area contributed by atoms with E-state index >= 15 is 0 Å². The molecule has 6 nitrogen and oxygen atoms in total. The summed E-state index contributed by atoms with van der Waals surface area (Å²) in [5, 5.41) is 14.9. The number of hydrogen-bond acceptors (Lipinski definition) is 3. The van der Waals surface area contributed by atoms with Crippen molar-refractivity contribution in [1.82, 2.24) is 5.32 Å². The minimum Gasteiger partial charge on any atom is -0.481 e. The number of aryl methyl sites for hydroxylation is 1. The highest BCUT2D eigenvalue weighted by molar-refractivity contribution is 6.05. The lowest BCUT2D eigenvalue weighted by molar-refractivity contribution is -0.138. The van der Waals surface area contributed by atoms with E-state index in [2.05, 4.69) is 10.6 Å². The van der Waals surface area contributed by atoms with E-state index < -0.39 is 11.5 Å². The minimum absolute atomic E-state index is 0.144. The monoisotopic (exact) mass is 382 g/mol. The van der Waals surface area contributed by atoms with Gasteiger partial charge in [-0.2, -0.15) is 0 Å². The van der Waals surface area contributed by atoms with E-state index in [-0.39, 0.29) is 18.2 Å². The molecule has 0 atom stereocenters. The van der Waals surface area contributed by atoms with Gasteiger partial charge in [-0.3, -0.25) is 14.4 Å². The van der Waals surface area contributed by atoms with Gasteiger partial charge in [0.05, 0.1) is 12.0 Å². The van der Waals surface area contributed by atoms with Gasteiger partial charge in [-0.05, 0) is 49.6 Å². The van der Waals surface area contributed by atoms with Crippen molar-refractivity contribution in [2.24, 2.45) is 0 Å². The van der Waals surface area contributed by atoms with Gasteiger partial charge >= 0.3 is 5.97 Å². The SMILES string of the molecule is CCC(CC)(CC(=O)O)NC(=O)c1ccc(C)c(NC(=O)c2ccccc2)c1. The molecule has 0 aliphatic heterocycles. The molecule has 3 N–H and O–H groups in total. The Balaban J connectivity index is 2.22.